The summed E-state index contributed by atoms with van der Waals surface area (Å²) in [5.74, 6) is 0. The first-order valence-corrected chi connectivity index (χ1v) is 7.86. The van der Waals surface area contributed by atoms with Gasteiger partial charge in [-0.15, -0.1) is 0 Å². The lowest BCUT2D eigenvalue weighted by Gasteiger charge is -2.14. The van der Waals surface area contributed by atoms with Gasteiger partial charge in [0.25, 0.3) is 5.56 Å². The Kier molecular flexibility index (Phi) is 3.98. The van der Waals surface area contributed by atoms with Crippen LogP contribution < -0.4 is 5.56 Å². The van der Waals surface area contributed by atoms with E-state index >= 15 is 0 Å². The summed E-state index contributed by atoms with van der Waals surface area (Å²) in [5, 5.41) is 4.39. The number of hydrogen-bond donors (Lipinski definition) is 0. The van der Waals surface area contributed by atoms with Gasteiger partial charge in [0.15, 0.2) is 5.52 Å². The monoisotopic (exact) mass is 311 g/mol. The first-order valence-electron chi connectivity index (χ1n) is 7.86. The molecule has 0 aliphatic heterocycles. The highest BCUT2D eigenvalue weighted by molar-refractivity contribution is 5.76. The van der Waals surface area contributed by atoms with Crippen LogP contribution in [0.25, 0.3) is 11.0 Å². The Morgan fingerprint density at radius 3 is 2.78 bits per heavy atom. The molecule has 3 heterocycles. The van der Waals surface area contributed by atoms with Crippen LogP contribution in [0.5, 0.6) is 0 Å². The van der Waals surface area contributed by atoms with Gasteiger partial charge in [0, 0.05) is 30.9 Å². The third-order valence-corrected chi connectivity index (χ3v) is 4.10. The predicted octanol–water partition coefficient (Wildman–Crippen LogP) is 2.20. The third-order valence-electron chi connectivity index (χ3n) is 4.10. The number of fused-ring (bicyclic) bond motifs is 1. The number of hydrogen-bond acceptors (Lipinski definition) is 4. The van der Waals surface area contributed by atoms with Gasteiger partial charge >= 0.3 is 0 Å². The normalized spacial score (nSPS) is 12.7. The average Bonchev–Trinajstić information content (AvgIpc) is 2.84. The molecular formula is C17H21N5O. The van der Waals surface area contributed by atoms with Gasteiger partial charge in [0.05, 0.1) is 12.0 Å². The summed E-state index contributed by atoms with van der Waals surface area (Å²) in [5.41, 5.74) is 4.04. The van der Waals surface area contributed by atoms with Crippen molar-refractivity contribution in [2.45, 2.75) is 39.7 Å². The van der Waals surface area contributed by atoms with E-state index in [1.54, 1.807) is 22.6 Å². The molecule has 6 nitrogen and oxygen atoms in total. The standard InChI is InChI=1S/C17H21N5O/c1-5-14-15-16(21(4)20-14)17(23)22(10-18-15)12(3)9-13-8-6-7-11(2)19-13/h6-8,10,12H,5,9H2,1-4H3/t12-/m1/s1. The molecule has 0 fully saturated rings. The molecule has 0 bridgehead atoms. The predicted molar refractivity (Wildman–Crippen MR) is 89.5 cm³/mol. The van der Waals surface area contributed by atoms with Crippen LogP contribution in [0, 0.1) is 6.92 Å². The van der Waals surface area contributed by atoms with Gasteiger partial charge < -0.3 is 0 Å². The summed E-state index contributed by atoms with van der Waals surface area (Å²) in [6, 6.07) is 5.92. The van der Waals surface area contributed by atoms with Crippen LogP contribution in [0.1, 0.15) is 37.0 Å². The number of rotatable bonds is 4. The maximum Gasteiger partial charge on any atom is 0.279 e. The Morgan fingerprint density at radius 1 is 1.30 bits per heavy atom. The van der Waals surface area contributed by atoms with E-state index in [2.05, 4.69) is 15.1 Å². The Balaban J connectivity index is 2.01. The number of aryl methyl sites for hydroxylation is 3. The second-order valence-corrected chi connectivity index (χ2v) is 5.90. The third kappa shape index (κ3) is 2.76. The SMILES string of the molecule is CCc1nn(C)c2c(=O)n([C@H](C)Cc3cccc(C)n3)cnc12. The zero-order valence-electron chi connectivity index (χ0n) is 13.9. The van der Waals surface area contributed by atoms with Gasteiger partial charge in [0.1, 0.15) is 5.52 Å². The van der Waals surface area contributed by atoms with Gasteiger partial charge in [-0.05, 0) is 32.4 Å². The van der Waals surface area contributed by atoms with Crippen molar-refractivity contribution < 1.29 is 0 Å². The summed E-state index contributed by atoms with van der Waals surface area (Å²) in [6.45, 7) is 5.99. The molecule has 0 aliphatic rings. The number of aromatic nitrogens is 5. The lowest BCUT2D eigenvalue weighted by atomic mass is 10.1. The highest BCUT2D eigenvalue weighted by Crippen LogP contribution is 2.15. The highest BCUT2D eigenvalue weighted by atomic mass is 16.1. The van der Waals surface area contributed by atoms with E-state index in [1.807, 2.05) is 39.0 Å². The lowest BCUT2D eigenvalue weighted by molar-refractivity contribution is 0.515. The molecule has 0 spiro atoms. The van der Waals surface area contributed by atoms with Crippen LogP contribution in [0.2, 0.25) is 0 Å². The van der Waals surface area contributed by atoms with Gasteiger partial charge in [0.2, 0.25) is 0 Å². The molecule has 1 atom stereocenters. The molecule has 23 heavy (non-hydrogen) atoms. The van der Waals surface area contributed by atoms with Crippen molar-refractivity contribution in [1.29, 1.82) is 0 Å². The van der Waals surface area contributed by atoms with E-state index in [9.17, 15) is 4.79 Å². The van der Waals surface area contributed by atoms with E-state index < -0.39 is 0 Å². The van der Waals surface area contributed by atoms with Crippen LogP contribution in [0.3, 0.4) is 0 Å². The summed E-state index contributed by atoms with van der Waals surface area (Å²) >= 11 is 0. The highest BCUT2D eigenvalue weighted by Gasteiger charge is 2.16. The second kappa shape index (κ2) is 5.95. The molecule has 3 aromatic rings. The molecule has 0 N–H and O–H groups in total. The van der Waals surface area contributed by atoms with Crippen LogP contribution in [0.15, 0.2) is 29.3 Å². The van der Waals surface area contributed by atoms with Crippen LogP contribution >= 0.6 is 0 Å². The van der Waals surface area contributed by atoms with Crippen molar-refractivity contribution >= 4 is 11.0 Å². The van der Waals surface area contributed by atoms with Crippen molar-refractivity contribution in [3.8, 4) is 0 Å². The Hall–Kier alpha value is -2.50. The molecule has 0 aromatic carbocycles. The summed E-state index contributed by atoms with van der Waals surface area (Å²) in [4.78, 5) is 21.8. The maximum atomic E-state index is 12.8. The molecule has 3 rings (SSSR count). The minimum atomic E-state index is -0.0511. The van der Waals surface area contributed by atoms with Crippen molar-refractivity contribution in [3.63, 3.8) is 0 Å². The fourth-order valence-corrected chi connectivity index (χ4v) is 2.90. The molecule has 0 saturated carbocycles. The lowest BCUT2D eigenvalue weighted by Crippen LogP contribution is -2.26. The molecule has 3 aromatic heterocycles. The smallest absolute Gasteiger partial charge is 0.279 e. The molecule has 0 saturated heterocycles. The van der Waals surface area contributed by atoms with Gasteiger partial charge in [-0.2, -0.15) is 5.10 Å². The van der Waals surface area contributed by atoms with Crippen LogP contribution in [-0.4, -0.2) is 24.3 Å². The van der Waals surface area contributed by atoms with Crippen LogP contribution in [0.4, 0.5) is 0 Å². The maximum absolute atomic E-state index is 12.8. The summed E-state index contributed by atoms with van der Waals surface area (Å²) in [6.07, 6.45) is 3.08. The fraction of sp³-hybridized carbons (Fsp3) is 0.412. The van der Waals surface area contributed by atoms with Gasteiger partial charge in [-0.1, -0.05) is 13.0 Å². The van der Waals surface area contributed by atoms with E-state index in [0.29, 0.717) is 17.5 Å². The zero-order chi connectivity index (χ0) is 16.6. The molecule has 6 heteroatoms. The molecule has 0 unspecified atom stereocenters. The van der Waals surface area contributed by atoms with Crippen molar-refractivity contribution in [2.24, 2.45) is 7.05 Å². The largest absolute Gasteiger partial charge is 0.294 e. The Bertz CT molecular complexity index is 909. The second-order valence-electron chi connectivity index (χ2n) is 5.90. The Labute approximate surface area is 134 Å². The van der Waals surface area contributed by atoms with Crippen LogP contribution in [-0.2, 0) is 19.9 Å². The Morgan fingerprint density at radius 2 is 2.09 bits per heavy atom. The van der Waals surface area contributed by atoms with E-state index in [4.69, 9.17) is 0 Å². The summed E-state index contributed by atoms with van der Waals surface area (Å²) < 4.78 is 3.31. The van der Waals surface area contributed by atoms with Gasteiger partial charge in [-0.3, -0.25) is 19.0 Å². The average molecular weight is 311 g/mol. The van der Waals surface area contributed by atoms with Crippen molar-refractivity contribution in [3.05, 3.63) is 52.0 Å². The fourth-order valence-electron chi connectivity index (χ4n) is 2.90. The first-order chi connectivity index (χ1) is 11.0. The summed E-state index contributed by atoms with van der Waals surface area (Å²) in [7, 11) is 1.79. The van der Waals surface area contributed by atoms with E-state index in [1.165, 1.54) is 0 Å². The number of pyridine rings is 1. The van der Waals surface area contributed by atoms with Gasteiger partial charge in [-0.25, -0.2) is 4.98 Å². The number of nitrogens with zero attached hydrogens (tertiary/aromatic N) is 5. The zero-order valence-corrected chi connectivity index (χ0v) is 13.9. The van der Waals surface area contributed by atoms with Crippen molar-refractivity contribution in [1.82, 2.24) is 24.3 Å². The topological polar surface area (TPSA) is 65.6 Å². The molecule has 120 valence electrons. The molecule has 0 amide bonds. The minimum absolute atomic E-state index is 0.0197. The molecular weight excluding hydrogens is 290 g/mol. The quantitative estimate of drug-likeness (QED) is 0.741. The van der Waals surface area contributed by atoms with Crippen molar-refractivity contribution in [2.75, 3.05) is 0 Å². The molecule has 0 aliphatic carbocycles. The minimum Gasteiger partial charge on any atom is -0.294 e. The van der Waals surface area contributed by atoms with E-state index in [-0.39, 0.29) is 11.6 Å². The van der Waals surface area contributed by atoms with E-state index in [0.717, 1.165) is 23.5 Å². The molecule has 0 radical (unpaired) electrons. The first kappa shape index (κ1) is 15.4.